The fourth-order valence-corrected chi connectivity index (χ4v) is 2.00. The van der Waals surface area contributed by atoms with Crippen LogP contribution in [0.3, 0.4) is 0 Å². The van der Waals surface area contributed by atoms with Crippen molar-refractivity contribution < 1.29 is 13.6 Å². The molecule has 0 unspecified atom stereocenters. The minimum absolute atomic E-state index is 0.0246. The van der Waals surface area contributed by atoms with Crippen LogP contribution in [0.1, 0.15) is 23.1 Å². The largest absolute Gasteiger partial charge is 0.299 e. The molecule has 20 heavy (non-hydrogen) atoms. The third-order valence-corrected chi connectivity index (χ3v) is 3.20. The molecule has 0 aliphatic heterocycles. The van der Waals surface area contributed by atoms with Crippen molar-refractivity contribution in [1.82, 2.24) is 0 Å². The van der Waals surface area contributed by atoms with E-state index >= 15 is 0 Å². The fraction of sp³-hybridized carbons (Fsp3) is 0.235. The Labute approximate surface area is 117 Å². The van der Waals surface area contributed by atoms with Crippen LogP contribution in [-0.4, -0.2) is 5.78 Å². The molecule has 0 heterocycles. The second kappa shape index (κ2) is 6.42. The number of carbonyl (C=O) groups is 1. The van der Waals surface area contributed by atoms with Gasteiger partial charge >= 0.3 is 0 Å². The fourth-order valence-electron chi connectivity index (χ4n) is 2.00. The number of ketones is 1. The number of Topliss-reactive ketones (excluding diaryl/α,β-unsaturated/α-hetero) is 1. The summed E-state index contributed by atoms with van der Waals surface area (Å²) in [5.74, 6) is -1.77. The van der Waals surface area contributed by atoms with Crippen LogP contribution >= 0.6 is 0 Å². The number of aryl methyl sites for hydroxylation is 2. The van der Waals surface area contributed by atoms with Crippen LogP contribution in [0, 0.1) is 18.6 Å². The SMILES string of the molecule is Cc1ccc(CCC(=O)Cc2ccc(F)c(F)c2)cc1. The molecular formula is C17H16F2O. The van der Waals surface area contributed by atoms with Gasteiger partial charge < -0.3 is 0 Å². The van der Waals surface area contributed by atoms with Crippen LogP contribution in [-0.2, 0) is 17.6 Å². The summed E-state index contributed by atoms with van der Waals surface area (Å²) in [5.41, 5.74) is 2.80. The molecule has 0 radical (unpaired) electrons. The van der Waals surface area contributed by atoms with Crippen LogP contribution in [0.25, 0.3) is 0 Å². The van der Waals surface area contributed by atoms with E-state index in [2.05, 4.69) is 0 Å². The minimum Gasteiger partial charge on any atom is -0.299 e. The highest BCUT2D eigenvalue weighted by atomic mass is 19.2. The number of hydrogen-bond acceptors (Lipinski definition) is 1. The predicted molar refractivity (Wildman–Crippen MR) is 74.6 cm³/mol. The molecular weight excluding hydrogens is 258 g/mol. The van der Waals surface area contributed by atoms with E-state index in [1.807, 2.05) is 31.2 Å². The molecule has 0 atom stereocenters. The second-order valence-electron chi connectivity index (χ2n) is 4.95. The maximum Gasteiger partial charge on any atom is 0.159 e. The van der Waals surface area contributed by atoms with Crippen molar-refractivity contribution >= 4 is 5.78 Å². The van der Waals surface area contributed by atoms with Gasteiger partial charge in [0.15, 0.2) is 11.6 Å². The van der Waals surface area contributed by atoms with Crippen molar-refractivity contribution in [3.05, 3.63) is 70.8 Å². The van der Waals surface area contributed by atoms with Gasteiger partial charge in [0.25, 0.3) is 0 Å². The van der Waals surface area contributed by atoms with Gasteiger partial charge in [-0.1, -0.05) is 35.9 Å². The van der Waals surface area contributed by atoms with Crippen LogP contribution in [0.15, 0.2) is 42.5 Å². The zero-order chi connectivity index (χ0) is 14.5. The third-order valence-electron chi connectivity index (χ3n) is 3.20. The summed E-state index contributed by atoms with van der Waals surface area (Å²) in [6, 6.07) is 11.6. The van der Waals surface area contributed by atoms with E-state index in [1.54, 1.807) is 0 Å². The first kappa shape index (κ1) is 14.4. The Hall–Kier alpha value is -2.03. The lowest BCUT2D eigenvalue weighted by atomic mass is 10.0. The van der Waals surface area contributed by atoms with Gasteiger partial charge in [0.05, 0.1) is 0 Å². The molecule has 3 heteroatoms. The molecule has 0 aliphatic rings. The average molecular weight is 274 g/mol. The Morgan fingerprint density at radius 3 is 2.25 bits per heavy atom. The lowest BCUT2D eigenvalue weighted by Crippen LogP contribution is -2.05. The van der Waals surface area contributed by atoms with Crippen LogP contribution in [0.5, 0.6) is 0 Å². The molecule has 0 bridgehead atoms. The highest BCUT2D eigenvalue weighted by molar-refractivity contribution is 5.81. The summed E-state index contributed by atoms with van der Waals surface area (Å²) >= 11 is 0. The van der Waals surface area contributed by atoms with Crippen molar-refractivity contribution in [2.45, 2.75) is 26.2 Å². The Kier molecular flexibility index (Phi) is 4.61. The van der Waals surface area contributed by atoms with E-state index in [0.717, 1.165) is 17.7 Å². The molecule has 0 fully saturated rings. The number of carbonyl (C=O) groups excluding carboxylic acids is 1. The van der Waals surface area contributed by atoms with Crippen molar-refractivity contribution in [3.63, 3.8) is 0 Å². The first-order valence-corrected chi connectivity index (χ1v) is 6.56. The van der Waals surface area contributed by atoms with Crippen molar-refractivity contribution in [2.75, 3.05) is 0 Å². The topological polar surface area (TPSA) is 17.1 Å². The summed E-state index contributed by atoms with van der Waals surface area (Å²) in [7, 11) is 0. The molecule has 1 nitrogen and oxygen atoms in total. The summed E-state index contributed by atoms with van der Waals surface area (Å²) < 4.78 is 25.8. The molecule has 0 aromatic heterocycles. The van der Waals surface area contributed by atoms with Crippen LogP contribution in [0.4, 0.5) is 8.78 Å². The summed E-state index contributed by atoms with van der Waals surface area (Å²) in [6.45, 7) is 2.01. The summed E-state index contributed by atoms with van der Waals surface area (Å²) in [5, 5.41) is 0. The van der Waals surface area contributed by atoms with Gasteiger partial charge in [0.1, 0.15) is 5.78 Å². The number of hydrogen-bond donors (Lipinski definition) is 0. The first-order valence-electron chi connectivity index (χ1n) is 6.56. The van der Waals surface area contributed by atoms with E-state index in [0.29, 0.717) is 18.4 Å². The van der Waals surface area contributed by atoms with Crippen molar-refractivity contribution in [3.8, 4) is 0 Å². The van der Waals surface area contributed by atoms with Crippen molar-refractivity contribution in [1.29, 1.82) is 0 Å². The number of rotatable bonds is 5. The molecule has 0 N–H and O–H groups in total. The van der Waals surface area contributed by atoms with E-state index in [4.69, 9.17) is 0 Å². The number of halogens is 2. The molecule has 0 spiro atoms. The van der Waals surface area contributed by atoms with E-state index in [-0.39, 0.29) is 12.2 Å². The first-order chi connectivity index (χ1) is 9.54. The molecule has 104 valence electrons. The quantitative estimate of drug-likeness (QED) is 0.805. The third kappa shape index (κ3) is 3.98. The van der Waals surface area contributed by atoms with Gasteiger partial charge in [-0.2, -0.15) is 0 Å². The lowest BCUT2D eigenvalue weighted by Gasteiger charge is -2.03. The predicted octanol–water partition coefficient (Wildman–Crippen LogP) is 4.02. The maximum atomic E-state index is 13.0. The zero-order valence-corrected chi connectivity index (χ0v) is 11.3. The summed E-state index contributed by atoms with van der Waals surface area (Å²) in [4.78, 5) is 11.8. The molecule has 0 amide bonds. The second-order valence-corrected chi connectivity index (χ2v) is 4.95. The molecule has 2 aromatic carbocycles. The highest BCUT2D eigenvalue weighted by Gasteiger charge is 2.07. The van der Waals surface area contributed by atoms with Gasteiger partial charge in [0, 0.05) is 12.8 Å². The van der Waals surface area contributed by atoms with Crippen LogP contribution < -0.4 is 0 Å². The summed E-state index contributed by atoms with van der Waals surface area (Å²) in [6.07, 6.45) is 1.22. The molecule has 0 saturated carbocycles. The standard InChI is InChI=1S/C17H16F2O/c1-12-2-4-13(5-3-12)6-8-15(20)10-14-7-9-16(18)17(19)11-14/h2-5,7,9,11H,6,8,10H2,1H3. The van der Waals surface area contributed by atoms with Gasteiger partial charge in [-0.25, -0.2) is 8.78 Å². The molecule has 2 aromatic rings. The van der Waals surface area contributed by atoms with E-state index in [9.17, 15) is 13.6 Å². The van der Waals surface area contributed by atoms with Gasteiger partial charge in [-0.05, 0) is 36.6 Å². The highest BCUT2D eigenvalue weighted by Crippen LogP contribution is 2.11. The normalized spacial score (nSPS) is 10.6. The monoisotopic (exact) mass is 274 g/mol. The molecule has 0 saturated heterocycles. The van der Waals surface area contributed by atoms with Crippen molar-refractivity contribution in [2.24, 2.45) is 0 Å². The molecule has 0 aliphatic carbocycles. The zero-order valence-electron chi connectivity index (χ0n) is 11.3. The van der Waals surface area contributed by atoms with Gasteiger partial charge in [0.2, 0.25) is 0 Å². The van der Waals surface area contributed by atoms with Gasteiger partial charge in [-0.15, -0.1) is 0 Å². The van der Waals surface area contributed by atoms with Crippen LogP contribution in [0.2, 0.25) is 0 Å². The minimum atomic E-state index is -0.908. The Bertz CT molecular complexity index is 603. The van der Waals surface area contributed by atoms with Gasteiger partial charge in [-0.3, -0.25) is 4.79 Å². The average Bonchev–Trinajstić information content (AvgIpc) is 2.42. The maximum absolute atomic E-state index is 13.0. The Morgan fingerprint density at radius 1 is 0.950 bits per heavy atom. The van der Waals surface area contributed by atoms with E-state index < -0.39 is 11.6 Å². The lowest BCUT2D eigenvalue weighted by molar-refractivity contribution is -0.118. The smallest absolute Gasteiger partial charge is 0.159 e. The number of benzene rings is 2. The Balaban J connectivity index is 1.89. The molecule has 2 rings (SSSR count). The van der Waals surface area contributed by atoms with E-state index in [1.165, 1.54) is 11.6 Å². The Morgan fingerprint density at radius 2 is 1.60 bits per heavy atom.